The van der Waals surface area contributed by atoms with Gasteiger partial charge in [0, 0.05) is 12.6 Å². The van der Waals surface area contributed by atoms with Crippen LogP contribution in [0, 0.1) is 6.92 Å². The van der Waals surface area contributed by atoms with Gasteiger partial charge >= 0.3 is 6.18 Å². The van der Waals surface area contributed by atoms with Gasteiger partial charge in [-0.3, -0.25) is 0 Å². The summed E-state index contributed by atoms with van der Waals surface area (Å²) < 4.78 is 36.2. The van der Waals surface area contributed by atoms with Crippen LogP contribution >= 0.6 is 0 Å². The van der Waals surface area contributed by atoms with Gasteiger partial charge in [-0.25, -0.2) is 0 Å². The summed E-state index contributed by atoms with van der Waals surface area (Å²) in [6, 6.07) is 7.78. The van der Waals surface area contributed by atoms with E-state index in [2.05, 4.69) is 0 Å². The van der Waals surface area contributed by atoms with Gasteiger partial charge in [0.1, 0.15) is 0 Å². The van der Waals surface area contributed by atoms with Gasteiger partial charge < -0.3 is 10.6 Å². The summed E-state index contributed by atoms with van der Waals surface area (Å²) in [4.78, 5) is 1.67. The van der Waals surface area contributed by atoms with Gasteiger partial charge in [-0.2, -0.15) is 13.2 Å². The Hall–Kier alpha value is -1.07. The predicted octanol–water partition coefficient (Wildman–Crippen LogP) is 3.27. The fraction of sp³-hybridized carbons (Fsp3) is 0.571. The number of rotatable bonds is 6. The van der Waals surface area contributed by atoms with E-state index in [1.807, 2.05) is 31.2 Å². The fourth-order valence-electron chi connectivity index (χ4n) is 1.77. The van der Waals surface area contributed by atoms with Crippen molar-refractivity contribution in [3.05, 3.63) is 35.4 Å². The molecule has 0 bridgehead atoms. The molecule has 108 valence electrons. The monoisotopic (exact) mass is 274 g/mol. The Morgan fingerprint density at radius 2 is 1.74 bits per heavy atom. The largest absolute Gasteiger partial charge is 0.390 e. The summed E-state index contributed by atoms with van der Waals surface area (Å²) in [6.45, 7) is 2.58. The third kappa shape index (κ3) is 6.59. The number of hydrogen-bond acceptors (Lipinski definition) is 2. The third-order valence-electron chi connectivity index (χ3n) is 3.10. The van der Waals surface area contributed by atoms with E-state index in [4.69, 9.17) is 5.73 Å². The van der Waals surface area contributed by atoms with Crippen LogP contribution in [0.25, 0.3) is 0 Å². The average Bonchev–Trinajstić information content (AvgIpc) is 2.33. The minimum absolute atomic E-state index is 0.0180. The molecule has 0 aromatic heterocycles. The first-order valence-electron chi connectivity index (χ1n) is 6.35. The lowest BCUT2D eigenvalue weighted by Gasteiger charge is -2.20. The van der Waals surface area contributed by atoms with E-state index in [0.29, 0.717) is 13.0 Å². The first-order valence-corrected chi connectivity index (χ1v) is 6.35. The van der Waals surface area contributed by atoms with E-state index in [9.17, 15) is 13.2 Å². The van der Waals surface area contributed by atoms with Crippen molar-refractivity contribution in [2.75, 3.05) is 20.1 Å². The summed E-state index contributed by atoms with van der Waals surface area (Å²) in [5, 5.41) is 0. The summed E-state index contributed by atoms with van der Waals surface area (Å²) in [5.41, 5.74) is 8.21. The molecule has 5 heteroatoms. The minimum Gasteiger partial charge on any atom is -0.324 e. The van der Waals surface area contributed by atoms with E-state index in [1.54, 1.807) is 11.9 Å². The smallest absolute Gasteiger partial charge is 0.324 e. The molecule has 2 N–H and O–H groups in total. The van der Waals surface area contributed by atoms with Gasteiger partial charge in [0.25, 0.3) is 0 Å². The van der Waals surface area contributed by atoms with Gasteiger partial charge in [0.2, 0.25) is 0 Å². The molecule has 0 heterocycles. The Morgan fingerprint density at radius 1 is 1.16 bits per heavy atom. The van der Waals surface area contributed by atoms with Gasteiger partial charge in [-0.1, -0.05) is 29.8 Å². The van der Waals surface area contributed by atoms with Crippen LogP contribution < -0.4 is 5.73 Å². The lowest BCUT2D eigenvalue weighted by atomic mass is 10.0. The zero-order valence-electron chi connectivity index (χ0n) is 11.4. The Kier molecular flexibility index (Phi) is 5.82. The molecule has 1 atom stereocenters. The Morgan fingerprint density at radius 3 is 2.26 bits per heavy atom. The lowest BCUT2D eigenvalue weighted by Crippen LogP contribution is -2.27. The maximum absolute atomic E-state index is 12.1. The summed E-state index contributed by atoms with van der Waals surface area (Å²) in [5.74, 6) is 0. The molecule has 0 fully saturated rings. The normalized spacial score (nSPS) is 13.8. The molecule has 1 aromatic rings. The first kappa shape index (κ1) is 16.0. The van der Waals surface area contributed by atoms with Crippen molar-refractivity contribution in [2.24, 2.45) is 5.73 Å². The average molecular weight is 274 g/mol. The zero-order valence-corrected chi connectivity index (χ0v) is 11.4. The van der Waals surface area contributed by atoms with Crippen molar-refractivity contribution in [3.8, 4) is 0 Å². The van der Waals surface area contributed by atoms with E-state index in [-0.39, 0.29) is 12.6 Å². The molecule has 0 aliphatic carbocycles. The molecule has 2 nitrogen and oxygen atoms in total. The number of hydrogen-bond donors (Lipinski definition) is 1. The predicted molar refractivity (Wildman–Crippen MR) is 70.9 cm³/mol. The van der Waals surface area contributed by atoms with Crippen molar-refractivity contribution in [3.63, 3.8) is 0 Å². The van der Waals surface area contributed by atoms with Crippen molar-refractivity contribution in [1.29, 1.82) is 0 Å². The third-order valence-corrected chi connectivity index (χ3v) is 3.10. The summed E-state index contributed by atoms with van der Waals surface area (Å²) in [6.07, 6.45) is -4.21. The summed E-state index contributed by atoms with van der Waals surface area (Å²) >= 11 is 0. The second-order valence-corrected chi connectivity index (χ2v) is 4.97. The van der Waals surface area contributed by atoms with Crippen LogP contribution in [-0.2, 0) is 0 Å². The number of nitrogens with two attached hydrogens (primary N) is 1. The standard InChI is InChI=1S/C14H21F3N2/c1-11-3-5-12(6-4-11)13(18)7-9-19(2)10-8-14(15,16)17/h3-6,13H,7-10,18H2,1-2H3. The second kappa shape index (κ2) is 6.91. The fourth-order valence-corrected chi connectivity index (χ4v) is 1.77. The molecular weight excluding hydrogens is 253 g/mol. The van der Waals surface area contributed by atoms with Crippen LogP contribution in [0.1, 0.15) is 30.0 Å². The van der Waals surface area contributed by atoms with Crippen molar-refractivity contribution >= 4 is 0 Å². The highest BCUT2D eigenvalue weighted by Gasteiger charge is 2.27. The molecule has 0 radical (unpaired) electrons. The number of benzene rings is 1. The molecule has 0 saturated heterocycles. The van der Waals surface area contributed by atoms with Gasteiger partial charge in [-0.05, 0) is 32.5 Å². The number of nitrogens with zero attached hydrogens (tertiary/aromatic N) is 1. The van der Waals surface area contributed by atoms with Crippen LogP contribution in [0.15, 0.2) is 24.3 Å². The quantitative estimate of drug-likeness (QED) is 0.862. The maximum Gasteiger partial charge on any atom is 0.390 e. The van der Waals surface area contributed by atoms with Crippen molar-refractivity contribution in [1.82, 2.24) is 4.90 Å². The Bertz CT molecular complexity index is 373. The summed E-state index contributed by atoms with van der Waals surface area (Å²) in [7, 11) is 1.69. The molecule has 0 aliphatic rings. The Labute approximate surface area is 112 Å². The number of alkyl halides is 3. The number of aryl methyl sites for hydroxylation is 1. The molecule has 0 amide bonds. The zero-order chi connectivity index (χ0) is 14.5. The van der Waals surface area contributed by atoms with Crippen LogP contribution in [0.4, 0.5) is 13.2 Å². The second-order valence-electron chi connectivity index (χ2n) is 4.97. The molecule has 0 spiro atoms. The number of halogens is 3. The maximum atomic E-state index is 12.1. The minimum atomic E-state index is -4.09. The molecule has 0 saturated carbocycles. The molecular formula is C14H21F3N2. The van der Waals surface area contributed by atoms with Gasteiger partial charge in [0.05, 0.1) is 6.42 Å². The first-order chi connectivity index (χ1) is 8.78. The SMILES string of the molecule is Cc1ccc(C(N)CCN(C)CCC(F)(F)F)cc1. The Balaban J connectivity index is 2.33. The molecule has 1 rings (SSSR count). The highest BCUT2D eigenvalue weighted by Crippen LogP contribution is 2.20. The van der Waals surface area contributed by atoms with E-state index in [0.717, 1.165) is 5.56 Å². The van der Waals surface area contributed by atoms with Crippen LogP contribution in [-0.4, -0.2) is 31.2 Å². The van der Waals surface area contributed by atoms with E-state index in [1.165, 1.54) is 5.56 Å². The van der Waals surface area contributed by atoms with Crippen molar-refractivity contribution < 1.29 is 13.2 Å². The van der Waals surface area contributed by atoms with Gasteiger partial charge in [0.15, 0.2) is 0 Å². The van der Waals surface area contributed by atoms with Crippen LogP contribution in [0.5, 0.6) is 0 Å². The molecule has 0 aliphatic heterocycles. The highest BCUT2D eigenvalue weighted by atomic mass is 19.4. The van der Waals surface area contributed by atoms with E-state index < -0.39 is 12.6 Å². The van der Waals surface area contributed by atoms with Crippen molar-refractivity contribution in [2.45, 2.75) is 32.0 Å². The topological polar surface area (TPSA) is 29.3 Å². The van der Waals surface area contributed by atoms with E-state index >= 15 is 0 Å². The lowest BCUT2D eigenvalue weighted by molar-refractivity contribution is -0.137. The highest BCUT2D eigenvalue weighted by molar-refractivity contribution is 5.23. The van der Waals surface area contributed by atoms with Gasteiger partial charge in [-0.15, -0.1) is 0 Å². The molecule has 1 unspecified atom stereocenters. The van der Waals surface area contributed by atoms with Crippen LogP contribution in [0.3, 0.4) is 0 Å². The van der Waals surface area contributed by atoms with Crippen LogP contribution in [0.2, 0.25) is 0 Å². The molecule has 19 heavy (non-hydrogen) atoms. The molecule has 1 aromatic carbocycles.